The molecule has 6 rings (SSSR count). The van der Waals surface area contributed by atoms with E-state index in [0.29, 0.717) is 24.0 Å². The molecule has 2 amide bonds. The van der Waals surface area contributed by atoms with Crippen LogP contribution >= 0.6 is 0 Å². The van der Waals surface area contributed by atoms with E-state index in [1.54, 1.807) is 12.1 Å². The Morgan fingerprint density at radius 2 is 0.980 bits per heavy atom. The molecule has 4 aromatic heterocycles. The smallest absolute Gasteiger partial charge is 0.325 e. The minimum Gasteiger partial charge on any atom is -0.325 e. The number of aromatic nitrogens is 4. The van der Waals surface area contributed by atoms with Gasteiger partial charge in [0.05, 0.1) is 41.5 Å². The molecular weight excluding hydrogens is 690 g/mol. The van der Waals surface area contributed by atoms with Crippen molar-refractivity contribution in [1.29, 1.82) is 0 Å². The van der Waals surface area contributed by atoms with Crippen LogP contribution in [0.15, 0.2) is 73.3 Å². The first-order chi connectivity index (χ1) is 23.5. The number of nitrogens with two attached hydrogens (primary N) is 1. The highest BCUT2D eigenvalue weighted by atomic mass is 19.4. The third-order valence-electron chi connectivity index (χ3n) is 7.07. The van der Waals surface area contributed by atoms with Crippen LogP contribution < -0.4 is 5.73 Å². The molecule has 0 atom stereocenters. The van der Waals surface area contributed by atoms with Gasteiger partial charge in [0.15, 0.2) is 23.0 Å². The van der Waals surface area contributed by atoms with Gasteiger partial charge >= 0.3 is 12.4 Å². The van der Waals surface area contributed by atoms with Gasteiger partial charge in [-0.1, -0.05) is 12.1 Å². The van der Waals surface area contributed by atoms with Gasteiger partial charge in [0.25, 0.3) is 11.8 Å². The third-order valence-corrected chi connectivity index (χ3v) is 7.07. The topological polar surface area (TPSA) is 115 Å². The zero-order chi connectivity index (χ0) is 36.5. The van der Waals surface area contributed by atoms with Crippen LogP contribution in [0.3, 0.4) is 0 Å². The second-order valence-corrected chi connectivity index (χ2v) is 10.4. The van der Waals surface area contributed by atoms with Crippen molar-refractivity contribution in [3.05, 3.63) is 130 Å². The Balaban J connectivity index is 0.000000211. The number of hydrogen-bond donors (Lipinski definition) is 1. The van der Waals surface area contributed by atoms with Crippen molar-refractivity contribution in [2.75, 3.05) is 0 Å². The van der Waals surface area contributed by atoms with Crippen molar-refractivity contribution in [3.63, 3.8) is 0 Å². The van der Waals surface area contributed by atoms with Crippen LogP contribution in [0.4, 0.5) is 43.9 Å². The van der Waals surface area contributed by atoms with Crippen molar-refractivity contribution in [3.8, 4) is 22.3 Å². The summed E-state index contributed by atoms with van der Waals surface area (Å²) in [7, 11) is 0. The van der Waals surface area contributed by atoms with E-state index in [4.69, 9.17) is 5.73 Å². The first-order valence-corrected chi connectivity index (χ1v) is 13.9. The van der Waals surface area contributed by atoms with Crippen LogP contribution in [0.25, 0.3) is 22.3 Å². The van der Waals surface area contributed by atoms with Crippen LogP contribution in [0.2, 0.25) is 0 Å². The molecule has 5 heterocycles. The number of rotatable bonds is 5. The SMILES string of the molecule is NCc1cc(-c2cnc(C(F)(F)F)c(F)c2)c(F)cn1.O=C1c2ccccc2C(=O)N1Cc1cc(-c2cnc(C(F)(F)F)c(F)c2)c(F)cn1. The largest absolute Gasteiger partial charge is 0.436 e. The lowest BCUT2D eigenvalue weighted by Crippen LogP contribution is -2.29. The van der Waals surface area contributed by atoms with E-state index in [1.807, 2.05) is 0 Å². The van der Waals surface area contributed by atoms with E-state index < -0.39 is 58.8 Å². The predicted molar refractivity (Wildman–Crippen MR) is 153 cm³/mol. The summed E-state index contributed by atoms with van der Waals surface area (Å²) in [6, 6.07) is 9.66. The summed E-state index contributed by atoms with van der Waals surface area (Å²) < 4.78 is 130. The van der Waals surface area contributed by atoms with Crippen molar-refractivity contribution in [1.82, 2.24) is 24.8 Å². The molecule has 0 saturated heterocycles. The van der Waals surface area contributed by atoms with Crippen molar-refractivity contribution >= 4 is 11.8 Å². The Hall–Kier alpha value is -5.78. The van der Waals surface area contributed by atoms with Crippen LogP contribution in [-0.4, -0.2) is 36.7 Å². The molecule has 0 spiro atoms. The highest BCUT2D eigenvalue weighted by Crippen LogP contribution is 2.34. The summed E-state index contributed by atoms with van der Waals surface area (Å²) in [5.74, 6) is -6.06. The fourth-order valence-electron chi connectivity index (χ4n) is 4.74. The van der Waals surface area contributed by atoms with Crippen molar-refractivity contribution < 1.29 is 53.5 Å². The van der Waals surface area contributed by atoms with Gasteiger partial charge in [-0.25, -0.2) is 27.5 Å². The van der Waals surface area contributed by atoms with Gasteiger partial charge in [-0.05, 0) is 36.4 Å². The molecule has 258 valence electrons. The van der Waals surface area contributed by atoms with Crippen LogP contribution in [0.1, 0.15) is 43.5 Å². The Kier molecular flexibility index (Phi) is 9.67. The average molecular weight is 709 g/mol. The number of amides is 2. The summed E-state index contributed by atoms with van der Waals surface area (Å²) in [6.45, 7) is -0.278. The van der Waals surface area contributed by atoms with Gasteiger partial charge < -0.3 is 5.73 Å². The molecule has 50 heavy (non-hydrogen) atoms. The van der Waals surface area contributed by atoms with Gasteiger partial charge in [-0.15, -0.1) is 0 Å². The number of fused-ring (bicyclic) bond motifs is 1. The summed E-state index contributed by atoms with van der Waals surface area (Å²) in [4.78, 5) is 39.4. The number of benzene rings is 1. The second kappa shape index (κ2) is 13.6. The Labute approximate surface area is 274 Å². The molecule has 0 bridgehead atoms. The standard InChI is InChI=1S/C20H10F5N3O2.C12H8F5N3/c21-15-5-10(7-27-17(15)20(23,24)25)14-6-11(26-8-16(14)22)9-28-18(29)12-3-1-2-4-13(12)19(28)30;13-9-1-6(4-20-11(9)12(15,16)17)8-2-7(3-18)19-5-10(8)14/h1-8H,9H2;1-2,4-5H,3,18H2. The summed E-state index contributed by atoms with van der Waals surface area (Å²) >= 11 is 0. The number of carbonyl (C=O) groups is 2. The molecule has 0 radical (unpaired) electrons. The molecule has 0 aliphatic carbocycles. The molecule has 1 aliphatic rings. The van der Waals surface area contributed by atoms with E-state index in [2.05, 4.69) is 19.9 Å². The number of carbonyl (C=O) groups excluding carboxylic acids is 2. The van der Waals surface area contributed by atoms with E-state index in [0.717, 1.165) is 29.6 Å². The quantitative estimate of drug-likeness (QED) is 0.153. The van der Waals surface area contributed by atoms with Crippen molar-refractivity contribution in [2.45, 2.75) is 25.4 Å². The number of alkyl halides is 6. The normalized spacial score (nSPS) is 12.9. The van der Waals surface area contributed by atoms with Gasteiger partial charge in [0.1, 0.15) is 11.6 Å². The molecule has 5 aromatic rings. The molecule has 8 nitrogen and oxygen atoms in total. The third kappa shape index (κ3) is 7.29. The van der Waals surface area contributed by atoms with E-state index in [1.165, 1.54) is 18.2 Å². The maximum atomic E-state index is 14.2. The molecule has 2 N–H and O–H groups in total. The summed E-state index contributed by atoms with van der Waals surface area (Å²) in [5.41, 5.74) is 2.08. The van der Waals surface area contributed by atoms with Crippen molar-refractivity contribution in [2.24, 2.45) is 5.73 Å². The van der Waals surface area contributed by atoms with Gasteiger partial charge in [0, 0.05) is 41.2 Å². The Bertz CT molecular complexity index is 2090. The lowest BCUT2D eigenvalue weighted by atomic mass is 10.1. The van der Waals surface area contributed by atoms with Gasteiger partial charge in [0.2, 0.25) is 0 Å². The average Bonchev–Trinajstić information content (AvgIpc) is 3.29. The molecule has 18 heteroatoms. The highest BCUT2D eigenvalue weighted by molar-refractivity contribution is 6.21. The van der Waals surface area contributed by atoms with Gasteiger partial charge in [-0.3, -0.25) is 24.5 Å². The monoisotopic (exact) mass is 708 g/mol. The van der Waals surface area contributed by atoms with E-state index in [9.17, 15) is 53.5 Å². The van der Waals surface area contributed by atoms with Crippen LogP contribution in [0.5, 0.6) is 0 Å². The van der Waals surface area contributed by atoms with Gasteiger partial charge in [-0.2, -0.15) is 26.3 Å². The highest BCUT2D eigenvalue weighted by Gasteiger charge is 2.38. The number of imide groups is 1. The maximum Gasteiger partial charge on any atom is 0.436 e. The Morgan fingerprint density at radius 3 is 1.38 bits per heavy atom. The lowest BCUT2D eigenvalue weighted by molar-refractivity contribution is -0.144. The van der Waals surface area contributed by atoms with E-state index >= 15 is 0 Å². The molecule has 0 saturated carbocycles. The van der Waals surface area contributed by atoms with E-state index in [-0.39, 0.29) is 52.2 Å². The zero-order valence-electron chi connectivity index (χ0n) is 24.8. The zero-order valence-corrected chi connectivity index (χ0v) is 24.8. The summed E-state index contributed by atoms with van der Waals surface area (Å²) in [6.07, 6.45) is -6.80. The van der Waals surface area contributed by atoms with Crippen LogP contribution in [0, 0.1) is 23.3 Å². The second-order valence-electron chi connectivity index (χ2n) is 10.4. The predicted octanol–water partition coefficient (Wildman–Crippen LogP) is 7.14. The number of halogens is 10. The fraction of sp³-hybridized carbons (Fsp3) is 0.125. The number of hydrogen-bond acceptors (Lipinski definition) is 7. The minimum absolute atomic E-state index is 0.0177. The maximum absolute atomic E-state index is 14.2. The Morgan fingerprint density at radius 1 is 0.560 bits per heavy atom. The molecule has 1 aliphatic heterocycles. The lowest BCUT2D eigenvalue weighted by Gasteiger charge is -2.14. The molecular formula is C32H18F10N6O2. The van der Waals surface area contributed by atoms with Crippen LogP contribution in [-0.2, 0) is 25.4 Å². The first kappa shape index (κ1) is 35.5. The molecule has 0 unspecified atom stereocenters. The minimum atomic E-state index is -4.99. The first-order valence-electron chi connectivity index (χ1n) is 13.9. The number of pyridine rings is 4. The number of nitrogens with zero attached hydrogens (tertiary/aromatic N) is 5. The summed E-state index contributed by atoms with van der Waals surface area (Å²) in [5, 5.41) is 0. The fourth-order valence-corrected chi connectivity index (χ4v) is 4.74. The molecule has 0 fully saturated rings. The molecule has 1 aromatic carbocycles.